The van der Waals surface area contributed by atoms with Crippen LogP contribution in [0.4, 0.5) is 0 Å². The predicted molar refractivity (Wildman–Crippen MR) is 100 cm³/mol. The predicted octanol–water partition coefficient (Wildman–Crippen LogP) is 4.10. The third kappa shape index (κ3) is 5.61. The molecule has 0 amide bonds. The van der Waals surface area contributed by atoms with E-state index < -0.39 is 5.97 Å². The second kappa shape index (κ2) is 8.67. The van der Waals surface area contributed by atoms with Crippen molar-refractivity contribution in [1.29, 1.82) is 0 Å². The van der Waals surface area contributed by atoms with E-state index >= 15 is 0 Å². The molecule has 0 aliphatic rings. The molecule has 0 radical (unpaired) electrons. The van der Waals surface area contributed by atoms with Gasteiger partial charge in [-0.25, -0.2) is 0 Å². The molecule has 0 saturated heterocycles. The number of aryl methyl sites for hydroxylation is 3. The maximum atomic E-state index is 11.0. The SMILES string of the molecule is COc1ccc(CN(CCC(=O)O)Cc2c(C)cc(C)cc2C)cc1. The van der Waals surface area contributed by atoms with E-state index in [0.717, 1.165) is 17.9 Å². The highest BCUT2D eigenvalue weighted by molar-refractivity contribution is 5.66. The Bertz CT molecular complexity index is 699. The third-order valence-electron chi connectivity index (χ3n) is 4.43. The van der Waals surface area contributed by atoms with Crippen molar-refractivity contribution < 1.29 is 14.6 Å². The van der Waals surface area contributed by atoms with Crippen molar-refractivity contribution in [2.45, 2.75) is 40.3 Å². The van der Waals surface area contributed by atoms with Crippen LogP contribution >= 0.6 is 0 Å². The van der Waals surface area contributed by atoms with Gasteiger partial charge < -0.3 is 9.84 Å². The minimum atomic E-state index is -0.767. The molecule has 0 heterocycles. The molecule has 4 nitrogen and oxygen atoms in total. The standard InChI is InChI=1S/C21H27NO3/c1-15-11-16(2)20(17(3)12-15)14-22(10-9-21(23)24)13-18-5-7-19(25-4)8-6-18/h5-8,11-12H,9-10,13-14H2,1-4H3,(H,23,24). The molecule has 134 valence electrons. The number of hydrogen-bond donors (Lipinski definition) is 1. The number of ether oxygens (including phenoxy) is 1. The molecular formula is C21H27NO3. The Kier molecular flexibility index (Phi) is 6.59. The number of hydrogen-bond acceptors (Lipinski definition) is 3. The first-order valence-corrected chi connectivity index (χ1v) is 8.53. The van der Waals surface area contributed by atoms with E-state index in [1.807, 2.05) is 24.3 Å². The maximum Gasteiger partial charge on any atom is 0.304 e. The van der Waals surface area contributed by atoms with Crippen LogP contribution in [0.3, 0.4) is 0 Å². The number of methoxy groups -OCH3 is 1. The Balaban J connectivity index is 2.18. The van der Waals surface area contributed by atoms with Gasteiger partial charge in [-0.15, -0.1) is 0 Å². The van der Waals surface area contributed by atoms with Crippen LogP contribution in [-0.4, -0.2) is 29.6 Å². The summed E-state index contributed by atoms with van der Waals surface area (Å²) in [6.45, 7) is 8.33. The van der Waals surface area contributed by atoms with E-state index in [0.29, 0.717) is 13.1 Å². The summed E-state index contributed by atoms with van der Waals surface area (Å²) in [6.07, 6.45) is 0.139. The van der Waals surface area contributed by atoms with Crippen molar-refractivity contribution in [3.8, 4) is 5.75 Å². The first kappa shape index (κ1) is 19.0. The average molecular weight is 341 g/mol. The third-order valence-corrected chi connectivity index (χ3v) is 4.43. The second-order valence-corrected chi connectivity index (χ2v) is 6.58. The number of carboxylic acid groups (broad SMARTS) is 1. The summed E-state index contributed by atoms with van der Waals surface area (Å²) in [5.41, 5.74) is 6.20. The molecule has 4 heteroatoms. The molecule has 2 rings (SSSR count). The van der Waals surface area contributed by atoms with Crippen molar-refractivity contribution >= 4 is 5.97 Å². The normalized spacial score (nSPS) is 10.9. The zero-order chi connectivity index (χ0) is 18.4. The fourth-order valence-electron chi connectivity index (χ4n) is 3.14. The molecule has 0 bridgehead atoms. The molecule has 2 aromatic rings. The van der Waals surface area contributed by atoms with E-state index in [9.17, 15) is 4.79 Å². The molecule has 0 fully saturated rings. The van der Waals surface area contributed by atoms with Gasteiger partial charge in [-0.1, -0.05) is 29.8 Å². The Morgan fingerprint density at radius 3 is 2.16 bits per heavy atom. The van der Waals surface area contributed by atoms with Gasteiger partial charge in [0.15, 0.2) is 0 Å². The van der Waals surface area contributed by atoms with Crippen molar-refractivity contribution in [1.82, 2.24) is 4.90 Å². The van der Waals surface area contributed by atoms with Gasteiger partial charge in [0.2, 0.25) is 0 Å². The van der Waals surface area contributed by atoms with E-state index in [-0.39, 0.29) is 6.42 Å². The molecule has 0 aliphatic carbocycles. The molecule has 0 saturated carbocycles. The number of aliphatic carboxylic acids is 1. The van der Waals surface area contributed by atoms with Gasteiger partial charge in [0.25, 0.3) is 0 Å². The summed E-state index contributed by atoms with van der Waals surface area (Å²) in [4.78, 5) is 13.2. The van der Waals surface area contributed by atoms with E-state index in [4.69, 9.17) is 9.84 Å². The van der Waals surface area contributed by atoms with Gasteiger partial charge in [-0.2, -0.15) is 0 Å². The summed E-state index contributed by atoms with van der Waals surface area (Å²) in [7, 11) is 1.65. The van der Waals surface area contributed by atoms with Crippen LogP contribution in [0.5, 0.6) is 5.75 Å². The largest absolute Gasteiger partial charge is 0.497 e. The monoisotopic (exact) mass is 341 g/mol. The summed E-state index contributed by atoms with van der Waals surface area (Å²) in [5, 5.41) is 9.07. The fourth-order valence-corrected chi connectivity index (χ4v) is 3.14. The van der Waals surface area contributed by atoms with Gasteiger partial charge in [0, 0.05) is 19.6 Å². The number of rotatable bonds is 8. The Morgan fingerprint density at radius 2 is 1.64 bits per heavy atom. The van der Waals surface area contributed by atoms with Crippen molar-refractivity contribution in [3.63, 3.8) is 0 Å². The molecular weight excluding hydrogens is 314 g/mol. The quantitative estimate of drug-likeness (QED) is 0.785. The van der Waals surface area contributed by atoms with Gasteiger partial charge in [-0.3, -0.25) is 9.69 Å². The topological polar surface area (TPSA) is 49.8 Å². The zero-order valence-electron chi connectivity index (χ0n) is 15.5. The van der Waals surface area contributed by atoms with Crippen LogP contribution in [-0.2, 0) is 17.9 Å². The smallest absolute Gasteiger partial charge is 0.304 e. The Labute approximate surface area is 150 Å². The van der Waals surface area contributed by atoms with Crippen molar-refractivity contribution in [2.75, 3.05) is 13.7 Å². The van der Waals surface area contributed by atoms with Crippen molar-refractivity contribution in [3.05, 3.63) is 64.2 Å². The van der Waals surface area contributed by atoms with Crippen molar-refractivity contribution in [2.24, 2.45) is 0 Å². The van der Waals surface area contributed by atoms with E-state index in [2.05, 4.69) is 37.8 Å². The Morgan fingerprint density at radius 1 is 1.04 bits per heavy atom. The van der Waals surface area contributed by atoms with Gasteiger partial charge in [0.05, 0.1) is 13.5 Å². The number of carbonyl (C=O) groups is 1. The second-order valence-electron chi connectivity index (χ2n) is 6.58. The number of benzene rings is 2. The number of carboxylic acids is 1. The van der Waals surface area contributed by atoms with Crippen LogP contribution in [0, 0.1) is 20.8 Å². The van der Waals surface area contributed by atoms with Crippen LogP contribution in [0.25, 0.3) is 0 Å². The van der Waals surface area contributed by atoms with E-state index in [1.165, 1.54) is 22.3 Å². The summed E-state index contributed by atoms with van der Waals surface area (Å²) in [5.74, 6) is 0.0585. The average Bonchev–Trinajstić information content (AvgIpc) is 2.56. The summed E-state index contributed by atoms with van der Waals surface area (Å²) >= 11 is 0. The zero-order valence-corrected chi connectivity index (χ0v) is 15.5. The van der Waals surface area contributed by atoms with Crippen LogP contribution in [0.15, 0.2) is 36.4 Å². The lowest BCUT2D eigenvalue weighted by molar-refractivity contribution is -0.137. The first-order valence-electron chi connectivity index (χ1n) is 8.53. The lowest BCUT2D eigenvalue weighted by Gasteiger charge is -2.24. The van der Waals surface area contributed by atoms with Crippen LogP contribution in [0.1, 0.15) is 34.2 Å². The molecule has 25 heavy (non-hydrogen) atoms. The molecule has 0 atom stereocenters. The highest BCUT2D eigenvalue weighted by Gasteiger charge is 2.13. The number of nitrogens with zero attached hydrogens (tertiary/aromatic N) is 1. The van der Waals surface area contributed by atoms with Gasteiger partial charge in [-0.05, 0) is 55.2 Å². The van der Waals surface area contributed by atoms with E-state index in [1.54, 1.807) is 7.11 Å². The Hall–Kier alpha value is -2.33. The minimum absolute atomic E-state index is 0.139. The highest BCUT2D eigenvalue weighted by Crippen LogP contribution is 2.20. The summed E-state index contributed by atoms with van der Waals surface area (Å²) in [6, 6.07) is 12.3. The van der Waals surface area contributed by atoms with Gasteiger partial charge >= 0.3 is 5.97 Å². The molecule has 1 N–H and O–H groups in total. The minimum Gasteiger partial charge on any atom is -0.497 e. The van der Waals surface area contributed by atoms with Crippen LogP contribution in [0.2, 0.25) is 0 Å². The fraction of sp³-hybridized carbons (Fsp3) is 0.381. The molecule has 0 unspecified atom stereocenters. The summed E-state index contributed by atoms with van der Waals surface area (Å²) < 4.78 is 5.20. The molecule has 0 aromatic heterocycles. The molecule has 0 spiro atoms. The lowest BCUT2D eigenvalue weighted by Crippen LogP contribution is -2.26. The highest BCUT2D eigenvalue weighted by atomic mass is 16.5. The lowest BCUT2D eigenvalue weighted by atomic mass is 9.99. The van der Waals surface area contributed by atoms with Gasteiger partial charge in [0.1, 0.15) is 5.75 Å². The molecule has 2 aromatic carbocycles. The maximum absolute atomic E-state index is 11.0. The first-order chi connectivity index (χ1) is 11.9. The van der Waals surface area contributed by atoms with Crippen LogP contribution < -0.4 is 4.74 Å². The molecule has 0 aliphatic heterocycles.